The molecule has 0 bridgehead atoms. The van der Waals surface area contributed by atoms with Crippen LogP contribution in [0.25, 0.3) is 0 Å². The van der Waals surface area contributed by atoms with Gasteiger partial charge < -0.3 is 15.0 Å². The van der Waals surface area contributed by atoms with Gasteiger partial charge in [0.2, 0.25) is 0 Å². The average molecular weight is 358 g/mol. The van der Waals surface area contributed by atoms with E-state index in [2.05, 4.69) is 13.8 Å². The van der Waals surface area contributed by atoms with Crippen LogP contribution in [0.3, 0.4) is 0 Å². The molecule has 0 aliphatic heterocycles. The van der Waals surface area contributed by atoms with Crippen LogP contribution < -0.4 is 5.73 Å². The van der Waals surface area contributed by atoms with Gasteiger partial charge in [-0.05, 0) is 43.4 Å². The first-order valence-corrected chi connectivity index (χ1v) is 8.71. The number of carbonyl (C=O) groups excluding carboxylic acids is 2. The molecule has 6 nitrogen and oxygen atoms in total. The molecule has 1 aromatic heterocycles. The van der Waals surface area contributed by atoms with E-state index in [9.17, 15) is 9.59 Å². The first-order chi connectivity index (χ1) is 12.3. The molecule has 1 aromatic carbocycles. The van der Waals surface area contributed by atoms with Gasteiger partial charge in [-0.1, -0.05) is 38.1 Å². The number of amides is 2. The van der Waals surface area contributed by atoms with Crippen molar-refractivity contribution in [3.63, 3.8) is 0 Å². The molecule has 0 aliphatic carbocycles. The SMILES string of the molecule is CC(C)Cc1ccc(C(C)C(=O)ON(C(N)=O)C(C)c2ccoc2)cc1. The highest BCUT2D eigenvalue weighted by atomic mass is 16.7. The topological polar surface area (TPSA) is 85.8 Å². The van der Waals surface area contributed by atoms with Gasteiger partial charge in [0.1, 0.15) is 0 Å². The zero-order valence-electron chi connectivity index (χ0n) is 15.6. The van der Waals surface area contributed by atoms with Gasteiger partial charge >= 0.3 is 12.0 Å². The van der Waals surface area contributed by atoms with E-state index in [1.165, 1.54) is 18.1 Å². The van der Waals surface area contributed by atoms with Gasteiger partial charge in [0.05, 0.1) is 24.5 Å². The van der Waals surface area contributed by atoms with Crippen LogP contribution in [0.2, 0.25) is 0 Å². The maximum absolute atomic E-state index is 12.5. The Labute approximate surface area is 153 Å². The van der Waals surface area contributed by atoms with Gasteiger partial charge in [-0.2, -0.15) is 0 Å². The summed E-state index contributed by atoms with van der Waals surface area (Å²) in [5.74, 6) is -0.506. The van der Waals surface area contributed by atoms with Crippen LogP contribution in [0, 0.1) is 5.92 Å². The van der Waals surface area contributed by atoms with E-state index in [1.54, 1.807) is 19.9 Å². The molecule has 140 valence electrons. The van der Waals surface area contributed by atoms with Gasteiger partial charge in [0.25, 0.3) is 0 Å². The van der Waals surface area contributed by atoms with Gasteiger partial charge in [-0.15, -0.1) is 5.06 Å². The number of hydroxylamine groups is 2. The summed E-state index contributed by atoms with van der Waals surface area (Å²) in [6.45, 7) is 7.76. The molecule has 2 unspecified atom stereocenters. The monoisotopic (exact) mass is 358 g/mol. The molecule has 2 rings (SSSR count). The van der Waals surface area contributed by atoms with Crippen LogP contribution in [0.1, 0.15) is 56.3 Å². The molecule has 0 fully saturated rings. The minimum absolute atomic E-state index is 0.526. The Morgan fingerprint density at radius 3 is 2.23 bits per heavy atom. The van der Waals surface area contributed by atoms with E-state index in [0.717, 1.165) is 17.0 Å². The molecule has 0 saturated heterocycles. The molecule has 0 spiro atoms. The van der Waals surface area contributed by atoms with Crippen LogP contribution in [0.15, 0.2) is 47.3 Å². The maximum atomic E-state index is 12.5. The van der Waals surface area contributed by atoms with Crippen molar-refractivity contribution >= 4 is 12.0 Å². The molecule has 2 N–H and O–H groups in total. The molecule has 26 heavy (non-hydrogen) atoms. The number of hydrogen-bond donors (Lipinski definition) is 1. The van der Waals surface area contributed by atoms with E-state index in [1.807, 2.05) is 24.3 Å². The van der Waals surface area contributed by atoms with Crippen molar-refractivity contribution < 1.29 is 18.8 Å². The maximum Gasteiger partial charge on any atom is 0.348 e. The van der Waals surface area contributed by atoms with Gasteiger partial charge in [-0.25, -0.2) is 9.59 Å². The highest BCUT2D eigenvalue weighted by Crippen LogP contribution is 2.24. The van der Waals surface area contributed by atoms with Crippen molar-refractivity contribution in [2.24, 2.45) is 11.7 Å². The van der Waals surface area contributed by atoms with E-state index in [4.69, 9.17) is 15.0 Å². The van der Waals surface area contributed by atoms with Gasteiger partial charge in [-0.3, -0.25) is 0 Å². The smallest absolute Gasteiger partial charge is 0.348 e. The molecule has 1 heterocycles. The Hall–Kier alpha value is -2.76. The van der Waals surface area contributed by atoms with Crippen molar-refractivity contribution in [1.82, 2.24) is 5.06 Å². The van der Waals surface area contributed by atoms with Crippen molar-refractivity contribution in [2.45, 2.75) is 46.1 Å². The Kier molecular flexibility index (Phi) is 6.44. The van der Waals surface area contributed by atoms with Gasteiger partial charge in [0.15, 0.2) is 0 Å². The van der Waals surface area contributed by atoms with Crippen LogP contribution in [-0.2, 0) is 16.1 Å². The van der Waals surface area contributed by atoms with Gasteiger partial charge in [0, 0.05) is 5.56 Å². The fourth-order valence-corrected chi connectivity index (χ4v) is 2.69. The van der Waals surface area contributed by atoms with E-state index in [-0.39, 0.29) is 0 Å². The molecule has 0 radical (unpaired) electrons. The van der Waals surface area contributed by atoms with Crippen LogP contribution >= 0.6 is 0 Å². The van der Waals surface area contributed by atoms with Crippen LogP contribution in [0.5, 0.6) is 0 Å². The number of furan rings is 1. The second-order valence-electron chi connectivity index (χ2n) is 6.87. The first-order valence-electron chi connectivity index (χ1n) is 8.71. The standard InChI is InChI=1S/C20H26N2O4/c1-13(2)11-16-5-7-17(8-6-16)14(3)19(23)26-22(20(21)24)15(4)18-9-10-25-12-18/h5-10,12-15H,11H2,1-4H3,(H2,21,24). The Balaban J connectivity index is 2.07. The molecule has 6 heteroatoms. The number of nitrogens with two attached hydrogens (primary N) is 1. The molecule has 0 saturated carbocycles. The van der Waals surface area contributed by atoms with E-state index < -0.39 is 24.0 Å². The number of primary amides is 1. The first kappa shape index (κ1) is 19.6. The zero-order valence-corrected chi connectivity index (χ0v) is 15.6. The summed E-state index contributed by atoms with van der Waals surface area (Å²) >= 11 is 0. The molecular weight excluding hydrogens is 332 g/mol. The summed E-state index contributed by atoms with van der Waals surface area (Å²) in [6, 6.07) is 8.15. The summed E-state index contributed by atoms with van der Waals surface area (Å²) in [5.41, 5.74) is 8.10. The van der Waals surface area contributed by atoms with Crippen LogP contribution in [-0.4, -0.2) is 17.1 Å². The average Bonchev–Trinajstić information content (AvgIpc) is 3.12. The third-order valence-electron chi connectivity index (χ3n) is 4.26. The summed E-state index contributed by atoms with van der Waals surface area (Å²) in [7, 11) is 0. The normalized spacial score (nSPS) is 13.3. The highest BCUT2D eigenvalue weighted by Gasteiger charge is 2.27. The van der Waals surface area contributed by atoms with Crippen LogP contribution in [0.4, 0.5) is 4.79 Å². The van der Waals surface area contributed by atoms with Crippen molar-refractivity contribution in [2.75, 3.05) is 0 Å². The fraction of sp³-hybridized carbons (Fsp3) is 0.400. The highest BCUT2D eigenvalue weighted by molar-refractivity contribution is 5.80. The third-order valence-corrected chi connectivity index (χ3v) is 4.26. The molecule has 2 aromatic rings. The van der Waals surface area contributed by atoms with E-state index >= 15 is 0 Å². The van der Waals surface area contributed by atoms with Crippen molar-refractivity contribution in [3.8, 4) is 0 Å². The van der Waals surface area contributed by atoms with E-state index in [0.29, 0.717) is 11.5 Å². The second-order valence-corrected chi connectivity index (χ2v) is 6.87. The summed E-state index contributed by atoms with van der Waals surface area (Å²) in [5, 5.41) is 0.872. The fourth-order valence-electron chi connectivity index (χ4n) is 2.69. The predicted octanol–water partition coefficient (Wildman–Crippen LogP) is 4.18. The summed E-state index contributed by atoms with van der Waals surface area (Å²) in [6.07, 6.45) is 3.94. The second kappa shape index (κ2) is 8.56. The Morgan fingerprint density at radius 2 is 1.73 bits per heavy atom. The number of hydrogen-bond acceptors (Lipinski definition) is 4. The summed E-state index contributed by atoms with van der Waals surface area (Å²) in [4.78, 5) is 29.5. The minimum Gasteiger partial charge on any atom is -0.472 e. The quantitative estimate of drug-likeness (QED) is 0.785. The number of benzene rings is 1. The lowest BCUT2D eigenvalue weighted by Gasteiger charge is -2.26. The number of carbonyl (C=O) groups is 2. The number of rotatable bonds is 6. The number of nitrogens with zero attached hydrogens (tertiary/aromatic N) is 1. The third kappa shape index (κ3) is 4.88. The minimum atomic E-state index is -0.841. The molecule has 0 aliphatic rings. The molecule has 2 atom stereocenters. The summed E-state index contributed by atoms with van der Waals surface area (Å²) < 4.78 is 5.01. The zero-order chi connectivity index (χ0) is 19.3. The van der Waals surface area contributed by atoms with Crippen molar-refractivity contribution in [1.29, 1.82) is 0 Å². The molecular formula is C20H26N2O4. The Morgan fingerprint density at radius 1 is 1.08 bits per heavy atom. The van der Waals surface area contributed by atoms with Crippen molar-refractivity contribution in [3.05, 3.63) is 59.5 Å². The molecule has 2 amide bonds. The Bertz CT molecular complexity index is 723. The number of urea groups is 1. The lowest BCUT2D eigenvalue weighted by atomic mass is 9.97. The largest absolute Gasteiger partial charge is 0.472 e. The lowest BCUT2D eigenvalue weighted by molar-refractivity contribution is -0.185. The lowest BCUT2D eigenvalue weighted by Crippen LogP contribution is -2.40. The predicted molar refractivity (Wildman–Crippen MR) is 98.0 cm³/mol.